The summed E-state index contributed by atoms with van der Waals surface area (Å²) in [6.07, 6.45) is 4.75. The lowest BCUT2D eigenvalue weighted by atomic mass is 9.71. The largest absolute Gasteiger partial charge is 0.454 e. The van der Waals surface area contributed by atoms with Crippen LogP contribution in [0.2, 0.25) is 5.02 Å². The molecule has 186 valence electrons. The number of piperidine rings is 1. The lowest BCUT2D eigenvalue weighted by Gasteiger charge is -2.52. The number of nitrogens with zero attached hydrogens (tertiary/aromatic N) is 3. The Morgan fingerprint density at radius 2 is 1.78 bits per heavy atom. The standard InChI is InChI=1S/C28H30ClN5O2/c1-26(2)16-28(5,17-27(3,4)34-26)33-25(35)18-9-10-24(22(29)13-18)36-23-8-6-7-20(21(23)14-30)19-11-12-31-32-15-19/h6-13,15,34H,16-17H2,1-5H3,(H,33,35). The molecule has 2 heterocycles. The van der Waals surface area contributed by atoms with E-state index in [4.69, 9.17) is 16.3 Å². The van der Waals surface area contributed by atoms with E-state index in [-0.39, 0.29) is 27.5 Å². The molecule has 0 bridgehead atoms. The van der Waals surface area contributed by atoms with Crippen LogP contribution < -0.4 is 15.4 Å². The summed E-state index contributed by atoms with van der Waals surface area (Å²) in [5, 5.41) is 24.7. The number of benzene rings is 2. The van der Waals surface area contributed by atoms with Gasteiger partial charge in [0, 0.05) is 33.3 Å². The first-order valence-electron chi connectivity index (χ1n) is 11.8. The van der Waals surface area contributed by atoms with Gasteiger partial charge in [-0.2, -0.15) is 15.5 Å². The summed E-state index contributed by atoms with van der Waals surface area (Å²) in [6.45, 7) is 10.7. The van der Waals surface area contributed by atoms with Crippen molar-refractivity contribution in [1.82, 2.24) is 20.8 Å². The number of carbonyl (C=O) groups excluding carboxylic acids is 1. The summed E-state index contributed by atoms with van der Waals surface area (Å²) in [5.41, 5.74) is 1.63. The van der Waals surface area contributed by atoms with Crippen molar-refractivity contribution in [2.24, 2.45) is 0 Å². The highest BCUT2D eigenvalue weighted by atomic mass is 35.5. The van der Waals surface area contributed by atoms with Gasteiger partial charge >= 0.3 is 0 Å². The maximum atomic E-state index is 13.2. The summed E-state index contributed by atoms with van der Waals surface area (Å²) >= 11 is 6.53. The third kappa shape index (κ3) is 5.67. The number of carbonyl (C=O) groups is 1. The van der Waals surface area contributed by atoms with Crippen molar-refractivity contribution in [2.45, 2.75) is 64.1 Å². The Hall–Kier alpha value is -3.47. The molecule has 2 N–H and O–H groups in total. The van der Waals surface area contributed by atoms with E-state index in [9.17, 15) is 10.1 Å². The Kier molecular flexibility index (Phi) is 6.78. The van der Waals surface area contributed by atoms with Gasteiger partial charge in [-0.15, -0.1) is 0 Å². The summed E-state index contributed by atoms with van der Waals surface area (Å²) < 4.78 is 6.02. The van der Waals surface area contributed by atoms with Crippen molar-refractivity contribution >= 4 is 17.5 Å². The fraction of sp³-hybridized carbons (Fsp3) is 0.357. The number of rotatable bonds is 5. The number of nitrogens with one attached hydrogen (secondary N) is 2. The van der Waals surface area contributed by atoms with Gasteiger partial charge in [0.1, 0.15) is 23.1 Å². The monoisotopic (exact) mass is 503 g/mol. The molecular formula is C28H30ClN5O2. The maximum Gasteiger partial charge on any atom is 0.251 e. The first-order valence-corrected chi connectivity index (χ1v) is 12.2. The lowest BCUT2D eigenvalue weighted by Crippen LogP contribution is -2.67. The zero-order valence-corrected chi connectivity index (χ0v) is 21.9. The van der Waals surface area contributed by atoms with E-state index < -0.39 is 0 Å². The molecule has 1 aliphatic rings. The molecule has 8 heteroatoms. The highest BCUT2D eigenvalue weighted by molar-refractivity contribution is 6.32. The molecule has 0 radical (unpaired) electrons. The van der Waals surface area contributed by atoms with Gasteiger partial charge in [0.05, 0.1) is 17.4 Å². The molecule has 0 saturated carbocycles. The Balaban J connectivity index is 1.55. The van der Waals surface area contributed by atoms with Crippen LogP contribution in [0.15, 0.2) is 54.9 Å². The SMILES string of the molecule is CC1(C)CC(C)(NC(=O)c2ccc(Oc3cccc(-c4ccnnc4)c3C#N)c(Cl)c2)CC(C)(C)N1. The quantitative estimate of drug-likeness (QED) is 0.450. The number of hydrogen-bond acceptors (Lipinski definition) is 6. The third-order valence-electron chi connectivity index (χ3n) is 6.20. The second kappa shape index (κ2) is 9.53. The summed E-state index contributed by atoms with van der Waals surface area (Å²) in [4.78, 5) is 13.2. The Bertz CT molecular complexity index is 1320. The zero-order chi connectivity index (χ0) is 26.1. The van der Waals surface area contributed by atoms with Crippen LogP contribution in [0.4, 0.5) is 0 Å². The van der Waals surface area contributed by atoms with Gasteiger partial charge in [0.2, 0.25) is 0 Å². The van der Waals surface area contributed by atoms with Crippen LogP contribution in [0.5, 0.6) is 11.5 Å². The van der Waals surface area contributed by atoms with Crippen molar-refractivity contribution in [3.8, 4) is 28.7 Å². The molecule has 0 atom stereocenters. The predicted octanol–water partition coefficient (Wildman–Crippen LogP) is 5.89. The number of amides is 1. The van der Waals surface area contributed by atoms with Gasteiger partial charge in [-0.3, -0.25) is 4.79 Å². The second-order valence-electron chi connectivity index (χ2n) is 10.9. The first kappa shape index (κ1) is 25.6. The molecule has 0 aliphatic carbocycles. The van der Waals surface area contributed by atoms with Crippen molar-refractivity contribution in [1.29, 1.82) is 5.26 Å². The molecule has 2 aromatic carbocycles. The van der Waals surface area contributed by atoms with E-state index >= 15 is 0 Å². The van der Waals surface area contributed by atoms with Crippen molar-refractivity contribution in [2.75, 3.05) is 0 Å². The van der Waals surface area contributed by atoms with E-state index in [1.807, 2.05) is 6.07 Å². The van der Waals surface area contributed by atoms with Gasteiger partial charge in [-0.05, 0) is 77.8 Å². The van der Waals surface area contributed by atoms with Gasteiger partial charge < -0.3 is 15.4 Å². The minimum atomic E-state index is -0.374. The molecule has 4 rings (SSSR count). The average molecular weight is 504 g/mol. The maximum absolute atomic E-state index is 13.2. The van der Waals surface area contributed by atoms with E-state index in [0.717, 1.165) is 18.4 Å². The third-order valence-corrected chi connectivity index (χ3v) is 6.50. The van der Waals surface area contributed by atoms with E-state index in [0.29, 0.717) is 28.2 Å². The molecule has 1 aliphatic heterocycles. The highest BCUT2D eigenvalue weighted by Crippen LogP contribution is 2.37. The molecule has 36 heavy (non-hydrogen) atoms. The number of aromatic nitrogens is 2. The molecule has 1 aromatic heterocycles. The Morgan fingerprint density at radius 3 is 2.39 bits per heavy atom. The van der Waals surface area contributed by atoms with Gasteiger partial charge in [-0.1, -0.05) is 23.7 Å². The summed E-state index contributed by atoms with van der Waals surface area (Å²) in [6, 6.07) is 14.2. The summed E-state index contributed by atoms with van der Waals surface area (Å²) in [5.74, 6) is 0.520. The first-order chi connectivity index (χ1) is 16.9. The number of nitriles is 1. The molecule has 7 nitrogen and oxygen atoms in total. The highest BCUT2D eigenvalue weighted by Gasteiger charge is 2.45. The fourth-order valence-corrected chi connectivity index (χ4v) is 5.94. The summed E-state index contributed by atoms with van der Waals surface area (Å²) in [7, 11) is 0. The fourth-order valence-electron chi connectivity index (χ4n) is 5.72. The van der Waals surface area contributed by atoms with Gasteiger partial charge in [-0.25, -0.2) is 0 Å². The number of ether oxygens (including phenoxy) is 1. The molecule has 1 saturated heterocycles. The minimum Gasteiger partial charge on any atom is -0.454 e. The van der Waals surface area contributed by atoms with Gasteiger partial charge in [0.25, 0.3) is 5.91 Å². The van der Waals surface area contributed by atoms with Crippen LogP contribution in [0.1, 0.15) is 63.4 Å². The molecule has 0 spiro atoms. The second-order valence-corrected chi connectivity index (χ2v) is 11.3. The normalized spacial score (nSPS) is 17.6. The van der Waals surface area contributed by atoms with E-state index in [1.54, 1.807) is 48.8 Å². The Labute approximate surface area is 216 Å². The van der Waals surface area contributed by atoms with Crippen LogP contribution in [0, 0.1) is 11.3 Å². The van der Waals surface area contributed by atoms with Crippen molar-refractivity contribution < 1.29 is 9.53 Å². The molecular weight excluding hydrogens is 474 g/mol. The zero-order valence-electron chi connectivity index (χ0n) is 21.1. The topological polar surface area (TPSA) is 99.9 Å². The Morgan fingerprint density at radius 1 is 1.06 bits per heavy atom. The number of halogens is 1. The average Bonchev–Trinajstić information content (AvgIpc) is 2.78. The molecule has 1 fully saturated rings. The molecule has 1 amide bonds. The van der Waals surface area contributed by atoms with Crippen LogP contribution in [0.3, 0.4) is 0 Å². The smallest absolute Gasteiger partial charge is 0.251 e. The minimum absolute atomic E-state index is 0.113. The van der Waals surface area contributed by atoms with E-state index in [1.165, 1.54) is 0 Å². The molecule has 0 unspecified atom stereocenters. The van der Waals surface area contributed by atoms with Crippen LogP contribution in [0.25, 0.3) is 11.1 Å². The van der Waals surface area contributed by atoms with Crippen molar-refractivity contribution in [3.63, 3.8) is 0 Å². The van der Waals surface area contributed by atoms with Gasteiger partial charge in [0.15, 0.2) is 0 Å². The predicted molar refractivity (Wildman–Crippen MR) is 140 cm³/mol. The van der Waals surface area contributed by atoms with E-state index in [2.05, 4.69) is 61.5 Å². The molecule has 3 aromatic rings. The van der Waals surface area contributed by atoms with Crippen molar-refractivity contribution in [3.05, 3.63) is 71.0 Å². The van der Waals surface area contributed by atoms with Crippen LogP contribution >= 0.6 is 11.6 Å². The van der Waals surface area contributed by atoms with Crippen LogP contribution in [-0.2, 0) is 0 Å². The number of hydrogen-bond donors (Lipinski definition) is 2. The lowest BCUT2D eigenvalue weighted by molar-refractivity contribution is 0.0695. The van der Waals surface area contributed by atoms with Crippen LogP contribution in [-0.4, -0.2) is 32.7 Å².